The van der Waals surface area contributed by atoms with Gasteiger partial charge in [0.15, 0.2) is 0 Å². The predicted molar refractivity (Wildman–Crippen MR) is 87.0 cm³/mol. The van der Waals surface area contributed by atoms with Crippen molar-refractivity contribution < 1.29 is 9.53 Å². The maximum atomic E-state index is 11.1. The molecule has 0 atom stereocenters. The van der Waals surface area contributed by atoms with Crippen molar-refractivity contribution in [1.82, 2.24) is 4.98 Å². The molecule has 0 bridgehead atoms. The minimum atomic E-state index is -0.847. The summed E-state index contributed by atoms with van der Waals surface area (Å²) >= 11 is 1.51. The molecule has 22 heavy (non-hydrogen) atoms. The number of benzene rings is 2. The Kier molecular flexibility index (Phi) is 4.04. The molecule has 0 aliphatic heterocycles. The number of carbonyl (C=O) groups excluding carboxylic acids is 1. The maximum absolute atomic E-state index is 11.1. The summed E-state index contributed by atoms with van der Waals surface area (Å²) in [6, 6.07) is 15.7. The summed E-state index contributed by atoms with van der Waals surface area (Å²) in [7, 11) is 0. The number of nitrogens with two attached hydrogens (primary N) is 2. The van der Waals surface area contributed by atoms with Gasteiger partial charge in [-0.25, -0.2) is 4.79 Å². The van der Waals surface area contributed by atoms with Crippen molar-refractivity contribution in [3.8, 4) is 5.88 Å². The summed E-state index contributed by atoms with van der Waals surface area (Å²) in [5.41, 5.74) is 12.7. The zero-order valence-corrected chi connectivity index (χ0v) is 12.5. The van der Waals surface area contributed by atoms with Crippen molar-refractivity contribution in [3.63, 3.8) is 0 Å². The van der Waals surface area contributed by atoms with Gasteiger partial charge in [-0.05, 0) is 29.8 Å². The van der Waals surface area contributed by atoms with Crippen molar-refractivity contribution in [3.05, 3.63) is 54.1 Å². The lowest BCUT2D eigenvalue weighted by Crippen LogP contribution is -2.16. The second-order valence-corrected chi connectivity index (χ2v) is 5.79. The minimum Gasteiger partial charge on any atom is -0.392 e. The second kappa shape index (κ2) is 6.13. The normalized spacial score (nSPS) is 10.8. The van der Waals surface area contributed by atoms with Crippen LogP contribution in [-0.4, -0.2) is 11.1 Å². The van der Waals surface area contributed by atoms with Gasteiger partial charge < -0.3 is 21.2 Å². The van der Waals surface area contributed by atoms with Gasteiger partial charge in [0.2, 0.25) is 5.88 Å². The van der Waals surface area contributed by atoms with Crippen LogP contribution in [0.4, 0.5) is 4.79 Å². The highest BCUT2D eigenvalue weighted by Crippen LogP contribution is 2.40. The number of ether oxygens (including phenoxy) is 1. The summed E-state index contributed by atoms with van der Waals surface area (Å²) in [5, 5.41) is 0.952. The number of rotatable bonds is 4. The Morgan fingerprint density at radius 1 is 1.18 bits per heavy atom. The lowest BCUT2D eigenvalue weighted by molar-refractivity contribution is 0.208. The fourth-order valence-corrected chi connectivity index (χ4v) is 3.19. The summed E-state index contributed by atoms with van der Waals surface area (Å²) in [4.78, 5) is 16.1. The molecule has 0 aliphatic carbocycles. The van der Waals surface area contributed by atoms with Gasteiger partial charge in [-0.3, -0.25) is 0 Å². The van der Waals surface area contributed by atoms with E-state index in [0.717, 1.165) is 26.3 Å². The molecular formula is C16H15N3O2S. The molecular weight excluding hydrogens is 298 g/mol. The number of nitrogens with one attached hydrogen (secondary N) is 1. The Balaban J connectivity index is 2.12. The quantitative estimate of drug-likeness (QED) is 0.689. The number of primary amides is 1. The molecule has 0 saturated heterocycles. The van der Waals surface area contributed by atoms with Crippen LogP contribution in [0.5, 0.6) is 5.88 Å². The largest absolute Gasteiger partial charge is 0.411 e. The average Bonchev–Trinajstić information content (AvgIpc) is 2.84. The molecule has 0 spiro atoms. The third kappa shape index (κ3) is 2.93. The molecule has 112 valence electrons. The number of H-pyrrole nitrogens is 1. The SMILES string of the molecule is NCc1ccc2[nH]c(OC(N)=O)c(Sc3ccccc3)c2c1. The van der Waals surface area contributed by atoms with E-state index < -0.39 is 6.09 Å². The second-order valence-electron chi connectivity index (χ2n) is 4.70. The Morgan fingerprint density at radius 2 is 1.95 bits per heavy atom. The van der Waals surface area contributed by atoms with Crippen LogP contribution in [0.15, 0.2) is 58.3 Å². The molecule has 0 radical (unpaired) electrons. The van der Waals surface area contributed by atoms with Crippen molar-refractivity contribution in [1.29, 1.82) is 0 Å². The molecule has 1 amide bonds. The van der Waals surface area contributed by atoms with Gasteiger partial charge in [-0.2, -0.15) is 0 Å². The van der Waals surface area contributed by atoms with E-state index in [-0.39, 0.29) is 0 Å². The number of hydrogen-bond donors (Lipinski definition) is 3. The maximum Gasteiger partial charge on any atom is 0.411 e. The van der Waals surface area contributed by atoms with E-state index in [1.807, 2.05) is 48.5 Å². The Labute approximate surface area is 131 Å². The topological polar surface area (TPSA) is 94.1 Å². The molecule has 2 aromatic carbocycles. The first-order valence-corrected chi connectivity index (χ1v) is 7.54. The first-order chi connectivity index (χ1) is 10.7. The third-order valence-corrected chi connectivity index (χ3v) is 4.30. The number of aromatic amines is 1. The first kappa shape index (κ1) is 14.5. The molecule has 0 unspecified atom stereocenters. The summed E-state index contributed by atoms with van der Waals surface area (Å²) in [5.74, 6) is 0.352. The number of hydrogen-bond acceptors (Lipinski definition) is 4. The molecule has 0 fully saturated rings. The highest BCUT2D eigenvalue weighted by atomic mass is 32.2. The van der Waals surface area contributed by atoms with Gasteiger partial charge in [-0.15, -0.1) is 0 Å². The average molecular weight is 313 g/mol. The van der Waals surface area contributed by atoms with Crippen molar-refractivity contribution in [2.45, 2.75) is 16.3 Å². The lowest BCUT2D eigenvalue weighted by atomic mass is 10.1. The van der Waals surface area contributed by atoms with E-state index in [1.165, 1.54) is 11.8 Å². The molecule has 6 heteroatoms. The van der Waals surface area contributed by atoms with E-state index in [2.05, 4.69) is 4.98 Å². The number of fused-ring (bicyclic) bond motifs is 1. The number of carbonyl (C=O) groups is 1. The van der Waals surface area contributed by atoms with Crippen molar-refractivity contribution in [2.24, 2.45) is 11.5 Å². The molecule has 1 heterocycles. The summed E-state index contributed by atoms with van der Waals surface area (Å²) < 4.78 is 5.11. The Morgan fingerprint density at radius 3 is 2.64 bits per heavy atom. The van der Waals surface area contributed by atoms with Crippen LogP contribution in [-0.2, 0) is 6.54 Å². The Bertz CT molecular complexity index is 815. The first-order valence-electron chi connectivity index (χ1n) is 6.72. The minimum absolute atomic E-state index is 0.352. The molecule has 0 saturated carbocycles. The van der Waals surface area contributed by atoms with Crippen LogP contribution in [0.1, 0.15) is 5.56 Å². The van der Waals surface area contributed by atoms with Crippen LogP contribution in [0.25, 0.3) is 10.9 Å². The lowest BCUT2D eigenvalue weighted by Gasteiger charge is -2.04. The molecule has 1 aromatic heterocycles. The molecule has 3 rings (SSSR count). The molecule has 0 aliphatic rings. The van der Waals surface area contributed by atoms with Gasteiger partial charge in [0, 0.05) is 22.3 Å². The summed E-state index contributed by atoms with van der Waals surface area (Å²) in [6.45, 7) is 0.447. The monoisotopic (exact) mass is 313 g/mol. The van der Waals surface area contributed by atoms with E-state index >= 15 is 0 Å². The zero-order chi connectivity index (χ0) is 15.5. The van der Waals surface area contributed by atoms with E-state index in [1.54, 1.807) is 0 Å². The van der Waals surface area contributed by atoms with Crippen LogP contribution in [0, 0.1) is 0 Å². The van der Waals surface area contributed by atoms with Crippen LogP contribution in [0.3, 0.4) is 0 Å². The highest BCUT2D eigenvalue weighted by Gasteiger charge is 2.16. The van der Waals surface area contributed by atoms with E-state index in [4.69, 9.17) is 16.2 Å². The Hall–Kier alpha value is -2.44. The predicted octanol–water partition coefficient (Wildman–Crippen LogP) is 3.24. The van der Waals surface area contributed by atoms with E-state index in [0.29, 0.717) is 12.4 Å². The van der Waals surface area contributed by atoms with Crippen LogP contribution in [0.2, 0.25) is 0 Å². The van der Waals surface area contributed by atoms with Crippen molar-refractivity contribution >= 4 is 28.8 Å². The van der Waals surface area contributed by atoms with Gasteiger partial charge in [0.05, 0.1) is 4.90 Å². The van der Waals surface area contributed by atoms with Gasteiger partial charge in [-0.1, -0.05) is 36.0 Å². The fraction of sp³-hybridized carbons (Fsp3) is 0.0625. The number of amides is 1. The van der Waals surface area contributed by atoms with Crippen LogP contribution >= 0.6 is 11.8 Å². The zero-order valence-electron chi connectivity index (χ0n) is 11.7. The van der Waals surface area contributed by atoms with Gasteiger partial charge in [0.25, 0.3) is 0 Å². The molecule has 3 aromatic rings. The van der Waals surface area contributed by atoms with Crippen molar-refractivity contribution in [2.75, 3.05) is 0 Å². The van der Waals surface area contributed by atoms with Gasteiger partial charge >= 0.3 is 6.09 Å². The van der Waals surface area contributed by atoms with Crippen LogP contribution < -0.4 is 16.2 Å². The smallest absolute Gasteiger partial charge is 0.392 e. The number of aromatic nitrogens is 1. The van der Waals surface area contributed by atoms with Gasteiger partial charge in [0.1, 0.15) is 0 Å². The third-order valence-electron chi connectivity index (χ3n) is 3.18. The standard InChI is InChI=1S/C16H15N3O2S/c17-9-10-6-7-13-12(8-10)14(15(19-13)21-16(18)20)22-11-4-2-1-3-5-11/h1-8,19H,9,17H2,(H2,18,20). The summed E-state index contributed by atoms with van der Waals surface area (Å²) in [6.07, 6.45) is -0.847. The molecule has 5 nitrogen and oxygen atoms in total. The van der Waals surface area contributed by atoms with E-state index in [9.17, 15) is 4.79 Å². The molecule has 5 N–H and O–H groups in total. The highest BCUT2D eigenvalue weighted by molar-refractivity contribution is 7.99. The fourth-order valence-electron chi connectivity index (χ4n) is 2.20.